The summed E-state index contributed by atoms with van der Waals surface area (Å²) in [5.74, 6) is 1.75. The lowest BCUT2D eigenvalue weighted by Crippen LogP contribution is -2.04. The van der Waals surface area contributed by atoms with Crippen LogP contribution >= 0.6 is 11.3 Å². The van der Waals surface area contributed by atoms with E-state index in [0.29, 0.717) is 17.5 Å². The molecule has 6 heteroatoms. The highest BCUT2D eigenvalue weighted by atomic mass is 32.1. The SMILES string of the molecule is c1ccc(-c2ccc(-c3nc(-c4ccc5c(c4)sc4ccccc45)nc(-c4ccc5c(oc6ccccc65)c4-n4c5cc6ccccc6cc5c5cc6ccccc6cc54)n3)cc2)cc1. The minimum absolute atomic E-state index is 0.558. The van der Waals surface area contributed by atoms with Gasteiger partial charge in [0.2, 0.25) is 0 Å². The van der Waals surface area contributed by atoms with E-state index in [1.165, 1.54) is 30.9 Å². The minimum atomic E-state index is 0.558. The largest absolute Gasteiger partial charge is 0.454 e. The van der Waals surface area contributed by atoms with Crippen LogP contribution < -0.4 is 0 Å². The average Bonchev–Trinajstić information content (AvgIpc) is 4.03. The van der Waals surface area contributed by atoms with Gasteiger partial charge in [0.15, 0.2) is 23.1 Å². The lowest BCUT2D eigenvalue weighted by Gasteiger charge is -2.16. The van der Waals surface area contributed by atoms with Gasteiger partial charge in [0.25, 0.3) is 0 Å². The van der Waals surface area contributed by atoms with Crippen molar-refractivity contribution in [1.29, 1.82) is 0 Å². The smallest absolute Gasteiger partial charge is 0.166 e. The summed E-state index contributed by atoms with van der Waals surface area (Å²) in [5, 5.41) is 11.6. The molecule has 0 fully saturated rings. The first-order valence-corrected chi connectivity index (χ1v) is 22.6. The van der Waals surface area contributed by atoms with Crippen molar-refractivity contribution in [2.75, 3.05) is 0 Å². The number of para-hydroxylation sites is 1. The quantitative estimate of drug-likeness (QED) is 0.173. The van der Waals surface area contributed by atoms with E-state index in [1.54, 1.807) is 11.3 Å². The molecule has 10 aromatic carbocycles. The van der Waals surface area contributed by atoms with Gasteiger partial charge in [0.1, 0.15) is 11.3 Å². The van der Waals surface area contributed by atoms with Crippen LogP contribution in [0.2, 0.25) is 0 Å². The average molecular weight is 847 g/mol. The van der Waals surface area contributed by atoms with Crippen LogP contribution in [0, 0.1) is 0 Å². The summed E-state index contributed by atoms with van der Waals surface area (Å²) in [5.41, 5.74) is 9.57. The molecule has 0 bridgehead atoms. The lowest BCUT2D eigenvalue weighted by molar-refractivity contribution is 0.666. The number of aromatic nitrogens is 4. The Labute approximate surface area is 376 Å². The van der Waals surface area contributed by atoms with Crippen LogP contribution in [0.1, 0.15) is 0 Å². The monoisotopic (exact) mass is 846 g/mol. The summed E-state index contributed by atoms with van der Waals surface area (Å²) < 4.78 is 11.9. The molecule has 4 heterocycles. The Morgan fingerprint density at radius 3 is 1.60 bits per heavy atom. The topological polar surface area (TPSA) is 56.7 Å². The van der Waals surface area contributed by atoms with E-state index >= 15 is 0 Å². The Morgan fingerprint density at radius 1 is 0.354 bits per heavy atom. The molecule has 0 N–H and O–H groups in total. The zero-order chi connectivity index (χ0) is 42.6. The molecular weight excluding hydrogens is 813 g/mol. The highest BCUT2D eigenvalue weighted by molar-refractivity contribution is 7.25. The third kappa shape index (κ3) is 5.67. The maximum Gasteiger partial charge on any atom is 0.166 e. The first-order chi connectivity index (χ1) is 32.2. The summed E-state index contributed by atoms with van der Waals surface area (Å²) in [7, 11) is 0. The minimum Gasteiger partial charge on any atom is -0.454 e. The van der Waals surface area contributed by atoms with Crippen LogP contribution in [0.15, 0.2) is 211 Å². The van der Waals surface area contributed by atoms with Gasteiger partial charge in [-0.1, -0.05) is 152 Å². The number of rotatable bonds is 5. The first kappa shape index (κ1) is 36.1. The maximum absolute atomic E-state index is 7.01. The molecule has 0 spiro atoms. The van der Waals surface area contributed by atoms with Gasteiger partial charge in [-0.2, -0.15) is 0 Å². The fraction of sp³-hybridized carbons (Fsp3) is 0. The van der Waals surface area contributed by atoms with Crippen LogP contribution in [-0.4, -0.2) is 19.5 Å². The van der Waals surface area contributed by atoms with Gasteiger partial charge in [-0.25, -0.2) is 15.0 Å². The predicted octanol–water partition coefficient (Wildman–Crippen LogP) is 16.2. The van der Waals surface area contributed by atoms with Crippen molar-refractivity contribution < 1.29 is 4.42 Å². The van der Waals surface area contributed by atoms with Crippen LogP contribution in [-0.2, 0) is 0 Å². The van der Waals surface area contributed by atoms with Crippen molar-refractivity contribution in [3.05, 3.63) is 206 Å². The molecule has 5 nitrogen and oxygen atoms in total. The van der Waals surface area contributed by atoms with Gasteiger partial charge in [-0.3, -0.25) is 0 Å². The van der Waals surface area contributed by atoms with E-state index in [-0.39, 0.29) is 0 Å². The molecule has 0 saturated heterocycles. The number of benzene rings is 10. The summed E-state index contributed by atoms with van der Waals surface area (Å²) in [6.07, 6.45) is 0. The van der Waals surface area contributed by atoms with Crippen molar-refractivity contribution in [1.82, 2.24) is 19.5 Å². The molecule has 302 valence electrons. The molecule has 0 saturated carbocycles. The maximum atomic E-state index is 7.01. The van der Waals surface area contributed by atoms with Gasteiger partial charge >= 0.3 is 0 Å². The summed E-state index contributed by atoms with van der Waals surface area (Å²) in [6.45, 7) is 0. The van der Waals surface area contributed by atoms with Gasteiger partial charge < -0.3 is 8.98 Å². The fourth-order valence-corrected chi connectivity index (χ4v) is 11.0. The van der Waals surface area contributed by atoms with Crippen molar-refractivity contribution in [3.8, 4) is 51.0 Å². The highest BCUT2D eigenvalue weighted by Crippen LogP contribution is 2.45. The van der Waals surface area contributed by atoms with E-state index < -0.39 is 0 Å². The number of nitrogens with zero attached hydrogens (tertiary/aromatic N) is 4. The number of fused-ring (bicyclic) bond motifs is 11. The molecule has 0 amide bonds. The number of furan rings is 1. The Bertz CT molecular complexity index is 4150. The molecule has 14 rings (SSSR count). The standard InChI is InChI=1S/C59H34N4OS/c1-2-12-35(13-3-1)36-22-24-37(25-23-36)57-60-58(42-26-27-45-44-19-9-11-21-53(44)65-54(45)34-42)62-59(61-57)47-29-28-46-43-18-8-10-20-52(43)64-56(46)55(47)63-50-32-40-16-6-4-14-38(40)30-48(50)49-31-39-15-5-7-17-41(39)33-51(49)63/h1-34H. The van der Waals surface area contributed by atoms with Crippen molar-refractivity contribution in [2.24, 2.45) is 0 Å². The lowest BCUT2D eigenvalue weighted by atomic mass is 10.0. The fourth-order valence-electron chi connectivity index (χ4n) is 9.87. The Balaban J connectivity index is 1.08. The normalized spacial score (nSPS) is 12.0. The second-order valence-corrected chi connectivity index (χ2v) is 17.8. The van der Waals surface area contributed by atoms with E-state index in [4.69, 9.17) is 19.4 Å². The second kappa shape index (κ2) is 14.0. The highest BCUT2D eigenvalue weighted by Gasteiger charge is 2.25. The van der Waals surface area contributed by atoms with Gasteiger partial charge in [0, 0.05) is 58.4 Å². The van der Waals surface area contributed by atoms with Gasteiger partial charge in [0.05, 0.1) is 11.0 Å². The molecule has 4 aromatic heterocycles. The molecule has 0 radical (unpaired) electrons. The molecule has 0 atom stereocenters. The number of hydrogen-bond acceptors (Lipinski definition) is 5. The summed E-state index contributed by atoms with van der Waals surface area (Å²) >= 11 is 1.79. The molecule has 14 aromatic rings. The third-order valence-corrected chi connectivity index (χ3v) is 14.1. The Kier molecular flexibility index (Phi) is 7.79. The molecule has 0 aliphatic heterocycles. The molecule has 65 heavy (non-hydrogen) atoms. The van der Waals surface area contributed by atoms with Crippen molar-refractivity contribution in [2.45, 2.75) is 0 Å². The van der Waals surface area contributed by atoms with E-state index in [9.17, 15) is 0 Å². The predicted molar refractivity (Wildman–Crippen MR) is 271 cm³/mol. The Hall–Kier alpha value is -8.45. The second-order valence-electron chi connectivity index (χ2n) is 16.8. The van der Waals surface area contributed by atoms with Gasteiger partial charge in [-0.15, -0.1) is 11.3 Å². The van der Waals surface area contributed by atoms with Crippen molar-refractivity contribution >= 4 is 96.8 Å². The summed E-state index contributed by atoms with van der Waals surface area (Å²) in [4.78, 5) is 16.1. The van der Waals surface area contributed by atoms with Crippen LogP contribution in [0.3, 0.4) is 0 Å². The zero-order valence-electron chi connectivity index (χ0n) is 34.7. The van der Waals surface area contributed by atoms with Crippen molar-refractivity contribution in [3.63, 3.8) is 0 Å². The van der Waals surface area contributed by atoms with Crippen LogP contribution in [0.25, 0.3) is 136 Å². The third-order valence-electron chi connectivity index (χ3n) is 13.0. The van der Waals surface area contributed by atoms with Crippen LogP contribution in [0.5, 0.6) is 0 Å². The van der Waals surface area contributed by atoms with E-state index in [2.05, 4.69) is 193 Å². The number of hydrogen-bond donors (Lipinski definition) is 0. The van der Waals surface area contributed by atoms with Gasteiger partial charge in [-0.05, 0) is 87.3 Å². The Morgan fingerprint density at radius 2 is 0.877 bits per heavy atom. The molecule has 0 unspecified atom stereocenters. The molecule has 0 aliphatic rings. The first-order valence-electron chi connectivity index (χ1n) is 21.8. The molecular formula is C59H34N4OS. The zero-order valence-corrected chi connectivity index (χ0v) is 35.6. The van der Waals surface area contributed by atoms with Crippen LogP contribution in [0.4, 0.5) is 0 Å². The van der Waals surface area contributed by atoms with E-state index in [1.807, 2.05) is 18.2 Å². The summed E-state index contributed by atoms with van der Waals surface area (Å²) in [6, 6.07) is 73.3. The molecule has 0 aliphatic carbocycles. The van der Waals surface area contributed by atoms with E-state index in [0.717, 1.165) is 88.0 Å². The number of thiophene rings is 1.